The predicted octanol–water partition coefficient (Wildman–Crippen LogP) is 1.70. The molecule has 3 rings (SSSR count). The quantitative estimate of drug-likeness (QED) is 0.725. The van der Waals surface area contributed by atoms with Gasteiger partial charge in [-0.05, 0) is 12.1 Å². The maximum atomic E-state index is 11.0. The molecule has 0 radical (unpaired) electrons. The highest BCUT2D eigenvalue weighted by Crippen LogP contribution is 2.21. The second-order valence-electron chi connectivity index (χ2n) is 4.03. The van der Waals surface area contributed by atoms with Crippen molar-refractivity contribution in [2.75, 3.05) is 5.73 Å². The van der Waals surface area contributed by atoms with E-state index in [0.717, 1.165) is 16.6 Å². The molecule has 0 bridgehead atoms. The van der Waals surface area contributed by atoms with Crippen molar-refractivity contribution >= 4 is 22.6 Å². The molecule has 2 heterocycles. The van der Waals surface area contributed by atoms with Crippen molar-refractivity contribution in [3.05, 3.63) is 48.4 Å². The number of rotatable bonds is 2. The minimum Gasteiger partial charge on any atom is -0.476 e. The average Bonchev–Trinajstić information content (AvgIpc) is 2.80. The smallest absolute Gasteiger partial charge is 0.358 e. The number of fused-ring (bicyclic) bond motifs is 1. The van der Waals surface area contributed by atoms with E-state index in [4.69, 9.17) is 10.8 Å². The van der Waals surface area contributed by atoms with Crippen LogP contribution in [0.15, 0.2) is 42.7 Å². The Balaban J connectivity index is 2.25. The van der Waals surface area contributed by atoms with Gasteiger partial charge in [0, 0.05) is 11.6 Å². The maximum absolute atomic E-state index is 11.0. The lowest BCUT2D eigenvalue weighted by molar-refractivity contribution is 0.0691. The van der Waals surface area contributed by atoms with Gasteiger partial charge in [-0.2, -0.15) is 5.10 Å². The van der Waals surface area contributed by atoms with E-state index in [1.54, 1.807) is 12.3 Å². The van der Waals surface area contributed by atoms with Crippen LogP contribution >= 0.6 is 0 Å². The van der Waals surface area contributed by atoms with Crippen LogP contribution in [0.5, 0.6) is 0 Å². The number of hydrogen-bond acceptors (Lipinski definition) is 4. The molecule has 94 valence electrons. The Labute approximate surface area is 108 Å². The van der Waals surface area contributed by atoms with Gasteiger partial charge in [-0.1, -0.05) is 18.2 Å². The fourth-order valence-electron chi connectivity index (χ4n) is 1.96. The monoisotopic (exact) mass is 254 g/mol. The third-order valence-electron chi connectivity index (χ3n) is 2.82. The van der Waals surface area contributed by atoms with E-state index in [1.165, 1.54) is 10.9 Å². The second kappa shape index (κ2) is 4.09. The summed E-state index contributed by atoms with van der Waals surface area (Å²) < 4.78 is 1.46. The maximum Gasteiger partial charge on any atom is 0.358 e. The van der Waals surface area contributed by atoms with Crippen LogP contribution in [0.4, 0.5) is 5.69 Å². The molecule has 1 aromatic carbocycles. The Kier molecular flexibility index (Phi) is 2.42. The van der Waals surface area contributed by atoms with Crippen LogP contribution in [-0.4, -0.2) is 25.8 Å². The second-order valence-corrected chi connectivity index (χ2v) is 4.03. The van der Waals surface area contributed by atoms with Gasteiger partial charge in [-0.15, -0.1) is 0 Å². The van der Waals surface area contributed by atoms with Crippen LogP contribution < -0.4 is 5.73 Å². The summed E-state index contributed by atoms with van der Waals surface area (Å²) in [5.74, 6) is -1.14. The number of aromatic nitrogens is 3. The van der Waals surface area contributed by atoms with Crippen molar-refractivity contribution in [2.45, 2.75) is 0 Å². The molecule has 0 atom stereocenters. The van der Waals surface area contributed by atoms with Gasteiger partial charge in [0.05, 0.1) is 23.1 Å². The Hall–Kier alpha value is -2.89. The van der Waals surface area contributed by atoms with Gasteiger partial charge in [-0.25, -0.2) is 9.48 Å². The van der Waals surface area contributed by atoms with E-state index in [1.807, 2.05) is 24.3 Å². The van der Waals surface area contributed by atoms with Crippen LogP contribution in [0.1, 0.15) is 10.5 Å². The lowest BCUT2D eigenvalue weighted by Crippen LogP contribution is -2.03. The molecule has 0 unspecified atom stereocenters. The number of carbonyl (C=O) groups is 1. The fourth-order valence-corrected chi connectivity index (χ4v) is 1.96. The summed E-state index contributed by atoms with van der Waals surface area (Å²) in [5, 5.41) is 13.8. The van der Waals surface area contributed by atoms with Crippen LogP contribution in [0.2, 0.25) is 0 Å². The number of para-hydroxylation sites is 1. The molecule has 0 fully saturated rings. The Morgan fingerprint density at radius 3 is 2.79 bits per heavy atom. The molecule has 6 heteroatoms. The summed E-state index contributed by atoms with van der Waals surface area (Å²) in [6.07, 6.45) is 3.14. The van der Waals surface area contributed by atoms with E-state index < -0.39 is 5.97 Å². The number of pyridine rings is 1. The van der Waals surface area contributed by atoms with Gasteiger partial charge >= 0.3 is 5.97 Å². The SMILES string of the molecule is Nc1cn(-c2ccnc3ccccc23)nc1C(=O)O. The first-order chi connectivity index (χ1) is 9.16. The molecular formula is C13H10N4O2. The highest BCUT2D eigenvalue weighted by molar-refractivity contribution is 5.92. The lowest BCUT2D eigenvalue weighted by atomic mass is 10.2. The first-order valence-corrected chi connectivity index (χ1v) is 5.59. The van der Waals surface area contributed by atoms with Crippen LogP contribution in [0.25, 0.3) is 16.6 Å². The number of carboxylic acids is 1. The molecule has 0 aliphatic carbocycles. The van der Waals surface area contributed by atoms with E-state index in [9.17, 15) is 4.79 Å². The zero-order chi connectivity index (χ0) is 13.4. The molecule has 19 heavy (non-hydrogen) atoms. The summed E-state index contributed by atoms with van der Waals surface area (Å²) in [7, 11) is 0. The zero-order valence-corrected chi connectivity index (χ0v) is 9.82. The van der Waals surface area contributed by atoms with Crippen molar-refractivity contribution in [3.63, 3.8) is 0 Å². The highest BCUT2D eigenvalue weighted by Gasteiger charge is 2.15. The van der Waals surface area contributed by atoms with Crippen LogP contribution in [-0.2, 0) is 0 Å². The highest BCUT2D eigenvalue weighted by atomic mass is 16.4. The van der Waals surface area contributed by atoms with Crippen molar-refractivity contribution in [1.29, 1.82) is 0 Å². The Morgan fingerprint density at radius 1 is 1.26 bits per heavy atom. The first kappa shape index (κ1) is 11.2. The molecule has 6 nitrogen and oxygen atoms in total. The van der Waals surface area contributed by atoms with Crippen molar-refractivity contribution in [2.24, 2.45) is 0 Å². The number of nitrogens with two attached hydrogens (primary N) is 1. The number of nitrogens with zero attached hydrogens (tertiary/aromatic N) is 3. The summed E-state index contributed by atoms with van der Waals surface area (Å²) in [6, 6.07) is 9.32. The summed E-state index contributed by atoms with van der Waals surface area (Å²) in [4.78, 5) is 15.2. The van der Waals surface area contributed by atoms with Gasteiger partial charge in [0.2, 0.25) is 0 Å². The van der Waals surface area contributed by atoms with Gasteiger partial charge < -0.3 is 10.8 Å². The largest absolute Gasteiger partial charge is 0.476 e. The fraction of sp³-hybridized carbons (Fsp3) is 0. The Morgan fingerprint density at radius 2 is 2.05 bits per heavy atom. The summed E-state index contributed by atoms with van der Waals surface area (Å²) >= 11 is 0. The van der Waals surface area contributed by atoms with Crippen molar-refractivity contribution < 1.29 is 9.90 Å². The lowest BCUT2D eigenvalue weighted by Gasteiger charge is -2.05. The zero-order valence-electron chi connectivity index (χ0n) is 9.82. The standard InChI is InChI=1S/C13H10N4O2/c14-9-7-17(16-12(9)13(18)19)11-5-6-15-10-4-2-1-3-8(10)11/h1-7H,14H2,(H,18,19). The molecular weight excluding hydrogens is 244 g/mol. The van der Waals surface area contributed by atoms with Gasteiger partial charge in [0.1, 0.15) is 0 Å². The summed E-state index contributed by atoms with van der Waals surface area (Å²) in [5.41, 5.74) is 7.18. The number of hydrogen-bond donors (Lipinski definition) is 2. The first-order valence-electron chi connectivity index (χ1n) is 5.59. The van der Waals surface area contributed by atoms with Gasteiger partial charge in [0.15, 0.2) is 5.69 Å². The minimum atomic E-state index is -1.14. The minimum absolute atomic E-state index is 0.133. The van der Waals surface area contributed by atoms with E-state index in [0.29, 0.717) is 0 Å². The molecule has 0 saturated carbocycles. The molecule has 3 aromatic rings. The number of anilines is 1. The molecule has 0 saturated heterocycles. The van der Waals surface area contributed by atoms with Crippen LogP contribution in [0, 0.1) is 0 Å². The number of nitrogen functional groups attached to an aromatic ring is 1. The topological polar surface area (TPSA) is 94.0 Å². The van der Waals surface area contributed by atoms with Crippen LogP contribution in [0.3, 0.4) is 0 Å². The molecule has 3 N–H and O–H groups in total. The van der Waals surface area contributed by atoms with Gasteiger partial charge in [-0.3, -0.25) is 4.98 Å². The average molecular weight is 254 g/mol. The van der Waals surface area contributed by atoms with E-state index in [2.05, 4.69) is 10.1 Å². The normalized spacial score (nSPS) is 10.7. The number of carboxylic acid groups (broad SMARTS) is 1. The van der Waals surface area contributed by atoms with E-state index >= 15 is 0 Å². The third kappa shape index (κ3) is 1.79. The van der Waals surface area contributed by atoms with Gasteiger partial charge in [0.25, 0.3) is 0 Å². The molecule has 0 amide bonds. The number of benzene rings is 1. The molecule has 2 aromatic heterocycles. The third-order valence-corrected chi connectivity index (χ3v) is 2.82. The molecule has 0 aliphatic heterocycles. The van der Waals surface area contributed by atoms with Crippen molar-refractivity contribution in [3.8, 4) is 5.69 Å². The van der Waals surface area contributed by atoms with E-state index in [-0.39, 0.29) is 11.4 Å². The Bertz CT molecular complexity index is 774. The molecule has 0 aliphatic rings. The predicted molar refractivity (Wildman–Crippen MR) is 70.2 cm³/mol. The summed E-state index contributed by atoms with van der Waals surface area (Å²) in [6.45, 7) is 0. The molecule has 0 spiro atoms. The van der Waals surface area contributed by atoms with Crippen molar-refractivity contribution in [1.82, 2.24) is 14.8 Å². The number of aromatic carboxylic acids is 1.